The molecule has 1 saturated carbocycles. The predicted molar refractivity (Wildman–Crippen MR) is 109 cm³/mol. The van der Waals surface area contributed by atoms with Crippen molar-refractivity contribution in [2.45, 2.75) is 52.4 Å². The number of ketones is 1. The number of unbranched alkanes of at least 4 members (excludes halogenated alkanes) is 1. The first-order valence-corrected chi connectivity index (χ1v) is 10.2. The van der Waals surface area contributed by atoms with Crippen molar-refractivity contribution in [1.29, 1.82) is 0 Å². The lowest BCUT2D eigenvalue weighted by Gasteiger charge is -2.13. The summed E-state index contributed by atoms with van der Waals surface area (Å²) in [6.07, 6.45) is 11.5. The van der Waals surface area contributed by atoms with Gasteiger partial charge in [-0.25, -0.2) is 15.0 Å². The predicted octanol–water partition coefficient (Wildman–Crippen LogP) is 4.80. The molecule has 0 N–H and O–H groups in total. The van der Waals surface area contributed by atoms with Crippen LogP contribution in [0.1, 0.15) is 63.6 Å². The molecule has 0 bridgehead atoms. The van der Waals surface area contributed by atoms with Crippen LogP contribution in [0.5, 0.6) is 5.88 Å². The minimum Gasteiger partial charge on any atom is -0.480 e. The number of Topliss-reactive ketones (excluding diaryl/α,β-unsaturated/α-hetero) is 1. The molecule has 1 aromatic heterocycles. The van der Waals surface area contributed by atoms with Crippen LogP contribution in [0.4, 0.5) is 0 Å². The molecule has 6 heteroatoms. The molecule has 0 radical (unpaired) electrons. The van der Waals surface area contributed by atoms with Crippen LogP contribution >= 0.6 is 11.8 Å². The Morgan fingerprint density at radius 3 is 2.65 bits per heavy atom. The number of thioether (sulfide) groups is 1. The number of hydrogen-bond acceptors (Lipinski definition) is 6. The van der Waals surface area contributed by atoms with Crippen molar-refractivity contribution in [2.24, 2.45) is 4.99 Å². The van der Waals surface area contributed by atoms with E-state index in [-0.39, 0.29) is 5.78 Å². The Labute approximate surface area is 160 Å². The third-order valence-electron chi connectivity index (χ3n) is 4.15. The molecular weight excluding hydrogens is 346 g/mol. The summed E-state index contributed by atoms with van der Waals surface area (Å²) in [5.74, 6) is 0.873. The SMILES string of the molecule is CCC/C=C(/N=C(/C=C(\C)SC)C(C)=O)c1c(OC)ncnc1C1CC1. The fourth-order valence-electron chi connectivity index (χ4n) is 2.52. The molecule has 0 saturated heterocycles. The number of nitrogens with zero attached hydrogens (tertiary/aromatic N) is 3. The Hall–Kier alpha value is -1.95. The molecule has 1 fully saturated rings. The van der Waals surface area contributed by atoms with Gasteiger partial charge in [-0.2, -0.15) is 0 Å². The van der Waals surface area contributed by atoms with E-state index in [1.807, 2.05) is 19.3 Å². The van der Waals surface area contributed by atoms with E-state index in [1.165, 1.54) is 0 Å². The zero-order valence-corrected chi connectivity index (χ0v) is 17.0. The Balaban J connectivity index is 2.62. The molecule has 140 valence electrons. The van der Waals surface area contributed by atoms with Gasteiger partial charge in [-0.3, -0.25) is 4.79 Å². The fourth-order valence-corrected chi connectivity index (χ4v) is 2.75. The van der Waals surface area contributed by atoms with E-state index >= 15 is 0 Å². The smallest absolute Gasteiger partial charge is 0.226 e. The summed E-state index contributed by atoms with van der Waals surface area (Å²) >= 11 is 1.60. The monoisotopic (exact) mass is 373 g/mol. The summed E-state index contributed by atoms with van der Waals surface area (Å²) in [6, 6.07) is 0. The van der Waals surface area contributed by atoms with E-state index in [9.17, 15) is 4.79 Å². The Bertz CT molecular complexity index is 749. The number of methoxy groups -OCH3 is 1. The first-order chi connectivity index (χ1) is 12.5. The number of allylic oxidation sites excluding steroid dienone is 3. The number of ether oxygens (including phenoxy) is 1. The van der Waals surface area contributed by atoms with Gasteiger partial charge >= 0.3 is 0 Å². The number of hydrogen-bond donors (Lipinski definition) is 0. The largest absolute Gasteiger partial charge is 0.480 e. The van der Waals surface area contributed by atoms with Crippen LogP contribution in [-0.4, -0.2) is 34.8 Å². The highest BCUT2D eigenvalue weighted by molar-refractivity contribution is 8.02. The van der Waals surface area contributed by atoms with Gasteiger partial charge in [-0.1, -0.05) is 19.4 Å². The van der Waals surface area contributed by atoms with Crippen molar-refractivity contribution in [2.75, 3.05) is 13.4 Å². The van der Waals surface area contributed by atoms with E-state index in [2.05, 4.69) is 23.0 Å². The molecule has 26 heavy (non-hydrogen) atoms. The normalized spacial score (nSPS) is 16.0. The van der Waals surface area contributed by atoms with Gasteiger partial charge in [0.1, 0.15) is 12.0 Å². The molecule has 0 atom stereocenters. The second-order valence-corrected chi connectivity index (χ2v) is 7.36. The third-order valence-corrected chi connectivity index (χ3v) is 4.91. The summed E-state index contributed by atoms with van der Waals surface area (Å²) in [5, 5.41) is 0. The van der Waals surface area contributed by atoms with Gasteiger partial charge < -0.3 is 4.74 Å². The molecule has 5 nitrogen and oxygen atoms in total. The number of rotatable bonds is 9. The van der Waals surface area contributed by atoms with Gasteiger partial charge in [0.25, 0.3) is 0 Å². The van der Waals surface area contributed by atoms with Crippen molar-refractivity contribution < 1.29 is 9.53 Å². The Morgan fingerprint density at radius 1 is 1.38 bits per heavy atom. The lowest BCUT2D eigenvalue weighted by molar-refractivity contribution is -0.111. The highest BCUT2D eigenvalue weighted by Gasteiger charge is 2.31. The molecule has 0 spiro atoms. The highest BCUT2D eigenvalue weighted by Crippen LogP contribution is 2.44. The minimum atomic E-state index is -0.0652. The van der Waals surface area contributed by atoms with Gasteiger partial charge in [0.05, 0.1) is 24.1 Å². The molecule has 1 aliphatic rings. The van der Waals surface area contributed by atoms with Crippen molar-refractivity contribution >= 4 is 29.0 Å². The lowest BCUT2D eigenvalue weighted by atomic mass is 10.1. The van der Waals surface area contributed by atoms with E-state index in [0.29, 0.717) is 17.5 Å². The maximum absolute atomic E-state index is 12.1. The van der Waals surface area contributed by atoms with Gasteiger partial charge in [0.15, 0.2) is 5.78 Å². The number of aromatic nitrogens is 2. The van der Waals surface area contributed by atoms with Gasteiger partial charge in [0.2, 0.25) is 5.88 Å². The van der Waals surface area contributed by atoms with Gasteiger partial charge in [-0.15, -0.1) is 11.8 Å². The molecule has 2 rings (SSSR count). The van der Waals surface area contributed by atoms with Crippen molar-refractivity contribution in [3.63, 3.8) is 0 Å². The summed E-state index contributed by atoms with van der Waals surface area (Å²) in [4.78, 5) is 26.7. The van der Waals surface area contributed by atoms with E-state index in [1.54, 1.807) is 32.1 Å². The average molecular weight is 374 g/mol. The van der Waals surface area contributed by atoms with Crippen LogP contribution in [-0.2, 0) is 4.79 Å². The molecular formula is C20H27N3O2S. The molecule has 0 unspecified atom stereocenters. The van der Waals surface area contributed by atoms with Crippen LogP contribution < -0.4 is 4.74 Å². The molecule has 1 heterocycles. The average Bonchev–Trinajstić information content (AvgIpc) is 3.48. The zero-order valence-electron chi connectivity index (χ0n) is 16.2. The third kappa shape index (κ3) is 5.27. The maximum atomic E-state index is 12.1. The molecule has 1 aromatic rings. The number of aliphatic imine (C=N–C) groups is 1. The highest BCUT2D eigenvalue weighted by atomic mass is 32.2. The summed E-state index contributed by atoms with van der Waals surface area (Å²) in [5.41, 5.74) is 2.95. The lowest BCUT2D eigenvalue weighted by Crippen LogP contribution is -2.09. The van der Waals surface area contributed by atoms with E-state index in [0.717, 1.165) is 47.5 Å². The van der Waals surface area contributed by atoms with Gasteiger partial charge in [0, 0.05) is 12.8 Å². The Morgan fingerprint density at radius 2 is 2.12 bits per heavy atom. The van der Waals surface area contributed by atoms with Crippen molar-refractivity contribution in [3.05, 3.63) is 34.6 Å². The van der Waals surface area contributed by atoms with Crippen LogP contribution in [0, 0.1) is 0 Å². The summed E-state index contributed by atoms with van der Waals surface area (Å²) in [6.45, 7) is 5.63. The molecule has 0 aromatic carbocycles. The molecule has 0 aliphatic heterocycles. The first-order valence-electron chi connectivity index (χ1n) is 8.93. The number of carbonyl (C=O) groups is 1. The van der Waals surface area contributed by atoms with Crippen LogP contribution in [0.25, 0.3) is 5.70 Å². The molecule has 0 amide bonds. The zero-order chi connectivity index (χ0) is 19.1. The van der Waals surface area contributed by atoms with Gasteiger partial charge in [-0.05, 0) is 43.4 Å². The second kappa shape index (κ2) is 9.67. The summed E-state index contributed by atoms with van der Waals surface area (Å²) in [7, 11) is 1.60. The van der Waals surface area contributed by atoms with E-state index in [4.69, 9.17) is 9.73 Å². The standard InChI is InChI=1S/C20H27N3O2S/c1-6-7-8-16(23-17(14(3)24)11-13(2)26-5)18-19(15-9-10-15)21-12-22-20(18)25-4/h8,11-12,15H,6-7,9-10H2,1-5H3/b13-11+,16-8+,23-17-. The first kappa shape index (κ1) is 20.4. The second-order valence-electron chi connectivity index (χ2n) is 6.31. The van der Waals surface area contributed by atoms with Crippen LogP contribution in [0.2, 0.25) is 0 Å². The quantitative estimate of drug-likeness (QED) is 0.582. The van der Waals surface area contributed by atoms with Crippen molar-refractivity contribution in [3.8, 4) is 5.88 Å². The Kier molecular flexibility index (Phi) is 7.57. The molecule has 1 aliphatic carbocycles. The van der Waals surface area contributed by atoms with Crippen molar-refractivity contribution in [1.82, 2.24) is 9.97 Å². The van der Waals surface area contributed by atoms with E-state index < -0.39 is 0 Å². The number of carbonyl (C=O) groups excluding carboxylic acids is 1. The van der Waals surface area contributed by atoms with Crippen LogP contribution in [0.15, 0.2) is 28.4 Å². The fraction of sp³-hybridized carbons (Fsp3) is 0.500. The summed E-state index contributed by atoms with van der Waals surface area (Å²) < 4.78 is 5.50. The van der Waals surface area contributed by atoms with Crippen LogP contribution in [0.3, 0.4) is 0 Å². The topological polar surface area (TPSA) is 64.4 Å². The maximum Gasteiger partial charge on any atom is 0.226 e. The minimum absolute atomic E-state index is 0.0652.